The van der Waals surface area contributed by atoms with E-state index in [0.29, 0.717) is 16.3 Å². The molecule has 3 rings (SSSR count). The van der Waals surface area contributed by atoms with Gasteiger partial charge in [0.2, 0.25) is 5.91 Å². The largest absolute Gasteiger partial charge is 0.459 e. The van der Waals surface area contributed by atoms with Gasteiger partial charge in [-0.3, -0.25) is 9.59 Å². The van der Waals surface area contributed by atoms with E-state index < -0.39 is 5.91 Å². The third-order valence-electron chi connectivity index (χ3n) is 3.84. The minimum atomic E-state index is -0.407. The molecule has 0 unspecified atom stereocenters. The topological polar surface area (TPSA) is 71.3 Å². The predicted octanol–water partition coefficient (Wildman–Crippen LogP) is 4.35. The first-order valence-electron chi connectivity index (χ1n) is 7.95. The predicted molar refractivity (Wildman–Crippen MR) is 102 cm³/mol. The van der Waals surface area contributed by atoms with Crippen molar-refractivity contribution in [2.45, 2.75) is 13.0 Å². The zero-order valence-corrected chi connectivity index (χ0v) is 15.4. The van der Waals surface area contributed by atoms with Crippen molar-refractivity contribution in [3.63, 3.8) is 0 Å². The van der Waals surface area contributed by atoms with Crippen LogP contribution in [0.2, 0.25) is 10.0 Å². The molecule has 0 aliphatic carbocycles. The minimum Gasteiger partial charge on any atom is -0.459 e. The number of carbonyl (C=O) groups is 2. The molecule has 134 valence electrons. The highest BCUT2D eigenvalue weighted by Gasteiger charge is 2.15. The van der Waals surface area contributed by atoms with Gasteiger partial charge in [0, 0.05) is 10.9 Å². The molecule has 0 saturated carbocycles. The first-order valence-corrected chi connectivity index (χ1v) is 8.70. The lowest BCUT2D eigenvalue weighted by Crippen LogP contribution is -2.37. The molecule has 3 aromatic rings. The molecule has 5 nitrogen and oxygen atoms in total. The molecular weight excluding hydrogens is 375 g/mol. The highest BCUT2D eigenvalue weighted by atomic mass is 35.5. The Morgan fingerprint density at radius 2 is 1.85 bits per heavy atom. The van der Waals surface area contributed by atoms with Gasteiger partial charge in [-0.25, -0.2) is 0 Å². The van der Waals surface area contributed by atoms with Gasteiger partial charge in [-0.05, 0) is 37.3 Å². The number of halogens is 2. The van der Waals surface area contributed by atoms with E-state index in [1.807, 2.05) is 37.3 Å². The molecule has 0 aliphatic heterocycles. The summed E-state index contributed by atoms with van der Waals surface area (Å²) >= 11 is 11.7. The molecule has 0 spiro atoms. The molecule has 2 amide bonds. The Bertz CT molecular complexity index is 935. The Hall–Kier alpha value is -2.50. The summed E-state index contributed by atoms with van der Waals surface area (Å²) in [5.74, 6) is -0.0863. The summed E-state index contributed by atoms with van der Waals surface area (Å²) in [4.78, 5) is 24.2. The SMILES string of the molecule is C[C@@H](NC(=O)CNC(=O)c1ccc(Cl)c(Cl)c1)c1cc2ccccc2o1. The smallest absolute Gasteiger partial charge is 0.251 e. The van der Waals surface area contributed by atoms with Gasteiger partial charge < -0.3 is 15.1 Å². The van der Waals surface area contributed by atoms with E-state index in [-0.39, 0.29) is 23.5 Å². The molecule has 0 bridgehead atoms. The van der Waals surface area contributed by atoms with Gasteiger partial charge in [0.1, 0.15) is 11.3 Å². The lowest BCUT2D eigenvalue weighted by Gasteiger charge is -2.12. The first-order chi connectivity index (χ1) is 12.4. The number of amides is 2. The third kappa shape index (κ3) is 4.18. The van der Waals surface area contributed by atoms with Crippen LogP contribution in [0.3, 0.4) is 0 Å². The second-order valence-corrected chi connectivity index (χ2v) is 6.60. The van der Waals surface area contributed by atoms with E-state index in [4.69, 9.17) is 27.6 Å². The molecule has 7 heteroatoms. The number of para-hydroxylation sites is 1. The number of rotatable bonds is 5. The summed E-state index contributed by atoms with van der Waals surface area (Å²) in [6.07, 6.45) is 0. The van der Waals surface area contributed by atoms with Gasteiger partial charge in [-0.1, -0.05) is 41.4 Å². The van der Waals surface area contributed by atoms with Gasteiger partial charge in [-0.15, -0.1) is 0 Å². The normalized spacial score (nSPS) is 12.0. The van der Waals surface area contributed by atoms with Crippen molar-refractivity contribution >= 4 is 46.0 Å². The van der Waals surface area contributed by atoms with Crippen LogP contribution >= 0.6 is 23.2 Å². The van der Waals surface area contributed by atoms with Crippen LogP contribution in [0, 0.1) is 0 Å². The number of furan rings is 1. The fraction of sp³-hybridized carbons (Fsp3) is 0.158. The fourth-order valence-corrected chi connectivity index (χ4v) is 2.78. The molecule has 1 atom stereocenters. The van der Waals surface area contributed by atoms with E-state index in [1.54, 1.807) is 6.07 Å². The Balaban J connectivity index is 1.56. The summed E-state index contributed by atoms with van der Waals surface area (Å²) < 4.78 is 5.72. The summed E-state index contributed by atoms with van der Waals surface area (Å²) in [5, 5.41) is 6.95. The maximum Gasteiger partial charge on any atom is 0.251 e. The van der Waals surface area contributed by atoms with Gasteiger partial charge >= 0.3 is 0 Å². The van der Waals surface area contributed by atoms with Crippen molar-refractivity contribution in [1.82, 2.24) is 10.6 Å². The third-order valence-corrected chi connectivity index (χ3v) is 4.58. The van der Waals surface area contributed by atoms with Crippen LogP contribution in [0.5, 0.6) is 0 Å². The first kappa shape index (κ1) is 18.3. The summed E-state index contributed by atoms with van der Waals surface area (Å²) in [5.41, 5.74) is 1.09. The monoisotopic (exact) mass is 390 g/mol. The molecule has 2 aromatic carbocycles. The molecule has 1 heterocycles. The van der Waals surface area contributed by atoms with E-state index in [2.05, 4.69) is 10.6 Å². The molecule has 0 fully saturated rings. The molecule has 0 aliphatic rings. The van der Waals surface area contributed by atoms with Crippen molar-refractivity contribution in [3.8, 4) is 0 Å². The number of nitrogens with one attached hydrogen (secondary N) is 2. The number of hydrogen-bond donors (Lipinski definition) is 2. The average Bonchev–Trinajstić information content (AvgIpc) is 3.06. The average molecular weight is 391 g/mol. The fourth-order valence-electron chi connectivity index (χ4n) is 2.48. The Morgan fingerprint density at radius 1 is 1.08 bits per heavy atom. The molecule has 0 radical (unpaired) electrons. The van der Waals surface area contributed by atoms with Crippen molar-refractivity contribution in [1.29, 1.82) is 0 Å². The van der Waals surface area contributed by atoms with Gasteiger partial charge in [0.25, 0.3) is 5.91 Å². The van der Waals surface area contributed by atoms with Crippen molar-refractivity contribution in [3.05, 3.63) is 69.9 Å². The van der Waals surface area contributed by atoms with Crippen LogP contribution < -0.4 is 10.6 Å². The van der Waals surface area contributed by atoms with Crippen molar-refractivity contribution in [2.24, 2.45) is 0 Å². The second kappa shape index (κ2) is 7.81. The maximum absolute atomic E-state index is 12.1. The highest BCUT2D eigenvalue weighted by Crippen LogP contribution is 2.24. The number of fused-ring (bicyclic) bond motifs is 1. The number of benzene rings is 2. The van der Waals surface area contributed by atoms with E-state index in [0.717, 1.165) is 11.0 Å². The van der Waals surface area contributed by atoms with Crippen LogP contribution in [0.1, 0.15) is 29.1 Å². The van der Waals surface area contributed by atoms with E-state index >= 15 is 0 Å². The van der Waals surface area contributed by atoms with Gasteiger partial charge in [0.05, 0.1) is 22.6 Å². The van der Waals surface area contributed by atoms with Crippen molar-refractivity contribution in [2.75, 3.05) is 6.54 Å². The van der Waals surface area contributed by atoms with Crippen LogP contribution in [0.25, 0.3) is 11.0 Å². The summed E-state index contributed by atoms with van der Waals surface area (Å²) in [6.45, 7) is 1.65. The summed E-state index contributed by atoms with van der Waals surface area (Å²) in [6, 6.07) is 13.7. The van der Waals surface area contributed by atoms with E-state index in [1.165, 1.54) is 12.1 Å². The summed E-state index contributed by atoms with van der Waals surface area (Å²) in [7, 11) is 0. The molecule has 26 heavy (non-hydrogen) atoms. The lowest BCUT2D eigenvalue weighted by atomic mass is 10.2. The zero-order chi connectivity index (χ0) is 18.7. The van der Waals surface area contributed by atoms with Crippen LogP contribution in [0.4, 0.5) is 0 Å². The number of carbonyl (C=O) groups excluding carboxylic acids is 2. The number of hydrogen-bond acceptors (Lipinski definition) is 3. The highest BCUT2D eigenvalue weighted by molar-refractivity contribution is 6.42. The van der Waals surface area contributed by atoms with Crippen LogP contribution in [0.15, 0.2) is 52.9 Å². The van der Waals surface area contributed by atoms with Crippen molar-refractivity contribution < 1.29 is 14.0 Å². The molecular formula is C19H16Cl2N2O3. The minimum absolute atomic E-state index is 0.163. The van der Waals surface area contributed by atoms with Gasteiger partial charge in [-0.2, -0.15) is 0 Å². The Labute approximate surface area is 160 Å². The zero-order valence-electron chi connectivity index (χ0n) is 13.9. The molecule has 1 aromatic heterocycles. The quantitative estimate of drug-likeness (QED) is 0.680. The van der Waals surface area contributed by atoms with Crippen LogP contribution in [-0.2, 0) is 4.79 Å². The van der Waals surface area contributed by atoms with Crippen LogP contribution in [-0.4, -0.2) is 18.4 Å². The molecule has 0 saturated heterocycles. The lowest BCUT2D eigenvalue weighted by molar-refractivity contribution is -0.120. The Kier molecular flexibility index (Phi) is 5.49. The maximum atomic E-state index is 12.1. The van der Waals surface area contributed by atoms with Gasteiger partial charge in [0.15, 0.2) is 0 Å². The van der Waals surface area contributed by atoms with E-state index in [9.17, 15) is 9.59 Å². The Morgan fingerprint density at radius 3 is 2.58 bits per heavy atom. The standard InChI is InChI=1S/C19H16Cl2N2O3/c1-11(17-9-12-4-2-3-5-16(12)26-17)23-18(24)10-22-19(25)13-6-7-14(20)15(21)8-13/h2-9,11H,10H2,1H3,(H,22,25)(H,23,24)/t11-/m1/s1. The molecule has 2 N–H and O–H groups in total. The second-order valence-electron chi connectivity index (χ2n) is 5.79.